The van der Waals surface area contributed by atoms with E-state index in [1.807, 2.05) is 20.8 Å². The van der Waals surface area contributed by atoms with E-state index in [2.05, 4.69) is 5.32 Å². The second-order valence-electron chi connectivity index (χ2n) is 5.94. The maximum atomic E-state index is 12.1. The first kappa shape index (κ1) is 14.9. The molecule has 1 rings (SSSR count). The number of aliphatic hydroxyl groups is 1. The predicted octanol–water partition coefficient (Wildman–Crippen LogP) is 0.0169. The summed E-state index contributed by atoms with van der Waals surface area (Å²) in [6, 6.07) is -0.333. The van der Waals surface area contributed by atoms with E-state index in [4.69, 9.17) is 0 Å². The summed E-state index contributed by atoms with van der Waals surface area (Å²) in [6.07, 6.45) is 0.0139. The van der Waals surface area contributed by atoms with Crippen LogP contribution in [0.25, 0.3) is 0 Å². The van der Waals surface area contributed by atoms with Crippen LogP contribution in [0.4, 0.5) is 0 Å². The smallest absolute Gasteiger partial charge is 0.214 e. The fourth-order valence-electron chi connectivity index (χ4n) is 1.81. The minimum Gasteiger partial charge on any atom is -0.390 e. The quantitative estimate of drug-likeness (QED) is 0.751. The third-order valence-corrected chi connectivity index (χ3v) is 5.04. The highest BCUT2D eigenvalue weighted by atomic mass is 32.2. The topological polar surface area (TPSA) is 69.6 Å². The molecular weight excluding hydrogens is 240 g/mol. The average Bonchev–Trinajstić information content (AvgIpc) is 2.59. The summed E-state index contributed by atoms with van der Waals surface area (Å²) in [7, 11) is -1.72. The second-order valence-corrected chi connectivity index (χ2v) is 8.08. The zero-order chi connectivity index (χ0) is 13.3. The normalized spacial score (nSPS) is 26.7. The van der Waals surface area contributed by atoms with Crippen LogP contribution < -0.4 is 5.32 Å². The summed E-state index contributed by atoms with van der Waals surface area (Å²) in [6.45, 7) is 7.05. The van der Waals surface area contributed by atoms with Crippen molar-refractivity contribution in [1.82, 2.24) is 9.62 Å². The Labute approximate surface area is 104 Å². The van der Waals surface area contributed by atoms with E-state index in [0.29, 0.717) is 19.5 Å². The van der Waals surface area contributed by atoms with Gasteiger partial charge in [0, 0.05) is 20.1 Å². The molecule has 1 saturated heterocycles. The fourth-order valence-corrected chi connectivity index (χ4v) is 3.59. The minimum atomic E-state index is -3.28. The van der Waals surface area contributed by atoms with Crippen LogP contribution in [0, 0.1) is 5.41 Å². The first-order valence-corrected chi connectivity index (χ1v) is 7.59. The maximum absolute atomic E-state index is 12.1. The SMILES string of the molecule is CN([C@H]1CNC[C@@H]1O)S(=O)(=O)CCC(C)(C)C. The Morgan fingerprint density at radius 2 is 1.94 bits per heavy atom. The number of aliphatic hydroxyl groups excluding tert-OH is 1. The van der Waals surface area contributed by atoms with E-state index in [1.54, 1.807) is 7.05 Å². The number of likely N-dealkylation sites (N-methyl/N-ethyl adjacent to an activating group) is 1. The first-order valence-electron chi connectivity index (χ1n) is 5.98. The zero-order valence-corrected chi connectivity index (χ0v) is 11.9. The summed E-state index contributed by atoms with van der Waals surface area (Å²) < 4.78 is 25.5. The average molecular weight is 264 g/mol. The monoisotopic (exact) mass is 264 g/mol. The van der Waals surface area contributed by atoms with Gasteiger partial charge in [-0.3, -0.25) is 0 Å². The van der Waals surface area contributed by atoms with E-state index in [9.17, 15) is 13.5 Å². The van der Waals surface area contributed by atoms with Crippen molar-refractivity contribution in [1.29, 1.82) is 0 Å². The zero-order valence-electron chi connectivity index (χ0n) is 11.1. The number of sulfonamides is 1. The Morgan fingerprint density at radius 3 is 2.35 bits per heavy atom. The molecule has 0 aromatic heterocycles. The molecule has 0 bridgehead atoms. The highest BCUT2D eigenvalue weighted by Crippen LogP contribution is 2.21. The molecule has 0 aromatic rings. The summed E-state index contributed by atoms with van der Waals surface area (Å²) in [5, 5.41) is 12.7. The number of rotatable bonds is 4. The van der Waals surface area contributed by atoms with Gasteiger partial charge < -0.3 is 10.4 Å². The van der Waals surface area contributed by atoms with Gasteiger partial charge >= 0.3 is 0 Å². The van der Waals surface area contributed by atoms with Gasteiger partial charge in [-0.15, -0.1) is 0 Å². The van der Waals surface area contributed by atoms with Crippen molar-refractivity contribution >= 4 is 10.0 Å². The van der Waals surface area contributed by atoms with Gasteiger partial charge in [0.25, 0.3) is 0 Å². The molecule has 0 unspecified atom stereocenters. The summed E-state index contributed by atoms with van der Waals surface area (Å²) in [5.74, 6) is 0.135. The molecule has 5 nitrogen and oxygen atoms in total. The van der Waals surface area contributed by atoms with Crippen molar-refractivity contribution < 1.29 is 13.5 Å². The Bertz CT molecular complexity index is 348. The predicted molar refractivity (Wildman–Crippen MR) is 68.3 cm³/mol. The van der Waals surface area contributed by atoms with E-state index >= 15 is 0 Å². The van der Waals surface area contributed by atoms with Crippen LogP contribution in [-0.2, 0) is 10.0 Å². The van der Waals surface area contributed by atoms with Crippen molar-refractivity contribution in [3.8, 4) is 0 Å². The lowest BCUT2D eigenvalue weighted by Gasteiger charge is -2.27. The third-order valence-electron chi connectivity index (χ3n) is 3.17. The summed E-state index contributed by atoms with van der Waals surface area (Å²) in [4.78, 5) is 0. The van der Waals surface area contributed by atoms with Gasteiger partial charge in [-0.1, -0.05) is 20.8 Å². The highest BCUT2D eigenvalue weighted by Gasteiger charge is 2.35. The van der Waals surface area contributed by atoms with E-state index in [-0.39, 0.29) is 17.2 Å². The van der Waals surface area contributed by atoms with Gasteiger partial charge in [-0.2, -0.15) is 4.31 Å². The summed E-state index contributed by atoms with van der Waals surface area (Å²) >= 11 is 0. The first-order chi connectivity index (χ1) is 7.63. The van der Waals surface area contributed by atoms with Crippen LogP contribution >= 0.6 is 0 Å². The Hall–Kier alpha value is -0.170. The van der Waals surface area contributed by atoms with Crippen LogP contribution in [0.2, 0.25) is 0 Å². The number of nitrogens with zero attached hydrogens (tertiary/aromatic N) is 1. The van der Waals surface area contributed by atoms with Crippen molar-refractivity contribution in [2.24, 2.45) is 5.41 Å². The molecule has 1 fully saturated rings. The lowest BCUT2D eigenvalue weighted by molar-refractivity contribution is 0.136. The Kier molecular flexibility index (Phi) is 4.57. The van der Waals surface area contributed by atoms with Crippen molar-refractivity contribution in [3.63, 3.8) is 0 Å². The second kappa shape index (κ2) is 5.22. The molecule has 0 radical (unpaired) electrons. The van der Waals surface area contributed by atoms with E-state index in [0.717, 1.165) is 0 Å². The fraction of sp³-hybridized carbons (Fsp3) is 1.00. The Morgan fingerprint density at radius 1 is 1.35 bits per heavy atom. The summed E-state index contributed by atoms with van der Waals surface area (Å²) in [5.41, 5.74) is 0.000448. The molecule has 1 heterocycles. The third kappa shape index (κ3) is 4.21. The molecule has 2 atom stereocenters. The van der Waals surface area contributed by atoms with E-state index in [1.165, 1.54) is 4.31 Å². The van der Waals surface area contributed by atoms with Gasteiger partial charge in [0.05, 0.1) is 17.9 Å². The number of hydrogen-bond donors (Lipinski definition) is 2. The van der Waals surface area contributed by atoms with Crippen LogP contribution in [0.5, 0.6) is 0 Å². The molecule has 0 aromatic carbocycles. The molecule has 0 spiro atoms. The van der Waals surface area contributed by atoms with Gasteiger partial charge in [-0.05, 0) is 11.8 Å². The highest BCUT2D eigenvalue weighted by molar-refractivity contribution is 7.89. The minimum absolute atomic E-state index is 0.000448. The molecule has 1 aliphatic rings. The molecular formula is C11H24N2O3S. The van der Waals surface area contributed by atoms with E-state index < -0.39 is 16.1 Å². The molecule has 102 valence electrons. The van der Waals surface area contributed by atoms with Crippen molar-refractivity contribution in [2.75, 3.05) is 25.9 Å². The maximum Gasteiger partial charge on any atom is 0.214 e. The molecule has 0 aliphatic carbocycles. The van der Waals surface area contributed by atoms with Crippen LogP contribution in [-0.4, -0.2) is 55.9 Å². The van der Waals surface area contributed by atoms with Gasteiger partial charge in [0.15, 0.2) is 0 Å². The van der Waals surface area contributed by atoms with Gasteiger partial charge in [-0.25, -0.2) is 8.42 Å². The van der Waals surface area contributed by atoms with Crippen LogP contribution in [0.15, 0.2) is 0 Å². The standard InChI is InChI=1S/C11H24N2O3S/c1-11(2,3)5-6-17(15,16)13(4)9-7-12-8-10(9)14/h9-10,12,14H,5-8H2,1-4H3/t9-,10-/m0/s1. The molecule has 0 amide bonds. The molecule has 2 N–H and O–H groups in total. The van der Waals surface area contributed by atoms with Crippen molar-refractivity contribution in [2.45, 2.75) is 39.3 Å². The lowest BCUT2D eigenvalue weighted by Crippen LogP contribution is -2.45. The van der Waals surface area contributed by atoms with Gasteiger partial charge in [0.1, 0.15) is 0 Å². The van der Waals surface area contributed by atoms with Crippen molar-refractivity contribution in [3.05, 3.63) is 0 Å². The number of nitrogens with one attached hydrogen (secondary N) is 1. The molecule has 17 heavy (non-hydrogen) atoms. The van der Waals surface area contributed by atoms with Gasteiger partial charge in [0.2, 0.25) is 10.0 Å². The molecule has 0 saturated carbocycles. The lowest BCUT2D eigenvalue weighted by atomic mass is 9.94. The number of β-amino-alcohol motifs (C(OH)–C–C–N with tert-alkyl or cyclic N) is 1. The number of hydrogen-bond acceptors (Lipinski definition) is 4. The van der Waals surface area contributed by atoms with Crippen LogP contribution in [0.3, 0.4) is 0 Å². The molecule has 1 aliphatic heterocycles. The molecule has 6 heteroatoms. The Balaban J connectivity index is 2.63. The largest absolute Gasteiger partial charge is 0.390 e. The van der Waals surface area contributed by atoms with Crippen LogP contribution in [0.1, 0.15) is 27.2 Å².